The fourth-order valence-corrected chi connectivity index (χ4v) is 2.60. The fourth-order valence-electron chi connectivity index (χ4n) is 2.60. The molecule has 5 heteroatoms. The van der Waals surface area contributed by atoms with Gasteiger partial charge in [-0.05, 0) is 49.6 Å². The first-order valence-electron chi connectivity index (χ1n) is 7.91. The molecule has 1 aliphatic heterocycles. The van der Waals surface area contributed by atoms with Gasteiger partial charge in [0.15, 0.2) is 11.5 Å². The van der Waals surface area contributed by atoms with E-state index in [-0.39, 0.29) is 12.7 Å². The average Bonchev–Trinajstić information content (AvgIpc) is 3.08. The second kappa shape index (κ2) is 6.93. The molecule has 2 aromatic rings. The average molecular weight is 327 g/mol. The van der Waals surface area contributed by atoms with Crippen LogP contribution in [0.5, 0.6) is 11.5 Å². The molecular formula is C19H21NO4. The molecule has 2 aromatic carbocycles. The molecule has 0 saturated carbocycles. The highest BCUT2D eigenvalue weighted by Crippen LogP contribution is 2.33. The molecule has 1 heterocycles. The Hall–Kier alpha value is -2.53. The molecule has 1 aliphatic rings. The van der Waals surface area contributed by atoms with Crippen LogP contribution in [-0.2, 0) is 11.2 Å². The van der Waals surface area contributed by atoms with Crippen molar-refractivity contribution >= 4 is 5.91 Å². The Morgan fingerprint density at radius 3 is 2.67 bits per heavy atom. The molecule has 0 radical (unpaired) electrons. The smallest absolute Gasteiger partial charge is 0.253 e. The number of hydrogen-bond donors (Lipinski definition) is 1. The standard InChI is InChI=1S/C19H21NO4/c1-19(22-2,20-18(21)15-6-4-3-5-7-15)11-10-14-8-9-16-17(12-14)24-13-23-16/h3-9,12H,10-11,13H2,1-2H3,(H,20,21). The van der Waals surface area contributed by atoms with E-state index in [1.807, 2.05) is 43.3 Å². The van der Waals surface area contributed by atoms with Gasteiger partial charge in [-0.1, -0.05) is 24.3 Å². The van der Waals surface area contributed by atoms with Gasteiger partial charge in [-0.3, -0.25) is 4.79 Å². The van der Waals surface area contributed by atoms with Crippen molar-refractivity contribution in [1.82, 2.24) is 5.32 Å². The number of carbonyl (C=O) groups is 1. The van der Waals surface area contributed by atoms with Crippen molar-refractivity contribution in [3.05, 3.63) is 59.7 Å². The van der Waals surface area contributed by atoms with Gasteiger partial charge in [0.1, 0.15) is 5.72 Å². The van der Waals surface area contributed by atoms with Crippen LogP contribution in [0.3, 0.4) is 0 Å². The van der Waals surface area contributed by atoms with Gasteiger partial charge in [-0.25, -0.2) is 0 Å². The van der Waals surface area contributed by atoms with Crippen molar-refractivity contribution < 1.29 is 19.0 Å². The Morgan fingerprint density at radius 2 is 1.92 bits per heavy atom. The van der Waals surface area contributed by atoms with Gasteiger partial charge in [0.25, 0.3) is 5.91 Å². The van der Waals surface area contributed by atoms with E-state index in [9.17, 15) is 4.79 Å². The highest BCUT2D eigenvalue weighted by molar-refractivity contribution is 5.94. The van der Waals surface area contributed by atoms with E-state index in [2.05, 4.69) is 5.32 Å². The van der Waals surface area contributed by atoms with Crippen molar-refractivity contribution in [2.75, 3.05) is 13.9 Å². The van der Waals surface area contributed by atoms with Crippen molar-refractivity contribution in [1.29, 1.82) is 0 Å². The first kappa shape index (κ1) is 16.3. The molecule has 1 N–H and O–H groups in total. The molecule has 1 unspecified atom stereocenters. The lowest BCUT2D eigenvalue weighted by atomic mass is 10.0. The van der Waals surface area contributed by atoms with Crippen LogP contribution < -0.4 is 14.8 Å². The van der Waals surface area contributed by atoms with Crippen molar-refractivity contribution in [3.63, 3.8) is 0 Å². The molecule has 5 nitrogen and oxygen atoms in total. The third kappa shape index (κ3) is 3.68. The van der Waals surface area contributed by atoms with Crippen LogP contribution in [0.15, 0.2) is 48.5 Å². The van der Waals surface area contributed by atoms with Crippen molar-refractivity contribution in [3.8, 4) is 11.5 Å². The summed E-state index contributed by atoms with van der Waals surface area (Å²) >= 11 is 0. The Labute approximate surface area is 141 Å². The summed E-state index contributed by atoms with van der Waals surface area (Å²) in [6.45, 7) is 2.14. The summed E-state index contributed by atoms with van der Waals surface area (Å²) in [6, 6.07) is 15.0. The number of ether oxygens (including phenoxy) is 3. The molecule has 0 aromatic heterocycles. The summed E-state index contributed by atoms with van der Waals surface area (Å²) in [5, 5.41) is 2.96. The van der Waals surface area contributed by atoms with Gasteiger partial charge >= 0.3 is 0 Å². The number of hydrogen-bond acceptors (Lipinski definition) is 4. The maximum Gasteiger partial charge on any atom is 0.253 e. The van der Waals surface area contributed by atoms with Gasteiger partial charge in [-0.2, -0.15) is 0 Å². The zero-order chi connectivity index (χ0) is 17.0. The van der Waals surface area contributed by atoms with Gasteiger partial charge in [0, 0.05) is 12.7 Å². The number of carbonyl (C=O) groups excluding carboxylic acids is 1. The molecule has 3 rings (SSSR count). The Kier molecular flexibility index (Phi) is 4.71. The molecule has 0 spiro atoms. The molecular weight excluding hydrogens is 306 g/mol. The van der Waals surface area contributed by atoms with Crippen LogP contribution in [0.4, 0.5) is 0 Å². The van der Waals surface area contributed by atoms with E-state index in [0.717, 1.165) is 23.5 Å². The van der Waals surface area contributed by atoms with Gasteiger partial charge in [0.05, 0.1) is 0 Å². The predicted octanol–water partition coefficient (Wildman–Crippen LogP) is 3.14. The van der Waals surface area contributed by atoms with Crippen LogP contribution >= 0.6 is 0 Å². The summed E-state index contributed by atoms with van der Waals surface area (Å²) in [5.74, 6) is 1.39. The molecule has 24 heavy (non-hydrogen) atoms. The molecule has 0 bridgehead atoms. The van der Waals surface area contributed by atoms with Crippen LogP contribution in [0.1, 0.15) is 29.3 Å². The number of amides is 1. The van der Waals surface area contributed by atoms with E-state index >= 15 is 0 Å². The van der Waals surface area contributed by atoms with E-state index in [4.69, 9.17) is 14.2 Å². The number of methoxy groups -OCH3 is 1. The topological polar surface area (TPSA) is 56.8 Å². The number of rotatable bonds is 6. The minimum atomic E-state index is -0.747. The van der Waals surface area contributed by atoms with Crippen molar-refractivity contribution in [2.45, 2.75) is 25.5 Å². The van der Waals surface area contributed by atoms with E-state index in [0.29, 0.717) is 12.0 Å². The third-order valence-corrected chi connectivity index (χ3v) is 4.19. The molecule has 1 atom stereocenters. The minimum absolute atomic E-state index is 0.148. The number of fused-ring (bicyclic) bond motifs is 1. The normalized spacial score (nSPS) is 14.9. The lowest BCUT2D eigenvalue weighted by Crippen LogP contribution is -2.47. The first-order valence-corrected chi connectivity index (χ1v) is 7.91. The molecule has 1 amide bonds. The molecule has 126 valence electrons. The van der Waals surface area contributed by atoms with Crippen LogP contribution in [0.25, 0.3) is 0 Å². The van der Waals surface area contributed by atoms with Crippen LogP contribution in [-0.4, -0.2) is 25.5 Å². The minimum Gasteiger partial charge on any atom is -0.454 e. The SMILES string of the molecule is COC(C)(CCc1ccc2c(c1)OCO2)NC(=O)c1ccccc1. The lowest BCUT2D eigenvalue weighted by molar-refractivity contribution is -0.0245. The number of nitrogens with one attached hydrogen (secondary N) is 1. The zero-order valence-electron chi connectivity index (χ0n) is 13.9. The second-order valence-corrected chi connectivity index (χ2v) is 5.94. The quantitative estimate of drug-likeness (QED) is 0.828. The maximum atomic E-state index is 12.4. The van der Waals surface area contributed by atoms with Gasteiger partial charge in [-0.15, -0.1) is 0 Å². The summed E-state index contributed by atoms with van der Waals surface area (Å²) in [6.07, 6.45) is 1.39. The van der Waals surface area contributed by atoms with Crippen molar-refractivity contribution in [2.24, 2.45) is 0 Å². The Bertz CT molecular complexity index is 717. The largest absolute Gasteiger partial charge is 0.454 e. The second-order valence-electron chi connectivity index (χ2n) is 5.94. The van der Waals surface area contributed by atoms with Crippen LogP contribution in [0, 0.1) is 0 Å². The highest BCUT2D eigenvalue weighted by Gasteiger charge is 2.26. The lowest BCUT2D eigenvalue weighted by Gasteiger charge is -2.29. The van der Waals surface area contributed by atoms with E-state index in [1.54, 1.807) is 19.2 Å². The summed E-state index contributed by atoms with van der Waals surface area (Å²) in [4.78, 5) is 12.4. The monoisotopic (exact) mass is 327 g/mol. The molecule has 0 aliphatic carbocycles. The zero-order valence-corrected chi connectivity index (χ0v) is 13.9. The third-order valence-electron chi connectivity index (χ3n) is 4.19. The maximum absolute atomic E-state index is 12.4. The Morgan fingerprint density at radius 1 is 1.17 bits per heavy atom. The summed E-state index contributed by atoms with van der Waals surface area (Å²) in [5.41, 5.74) is 0.976. The number of aryl methyl sites for hydroxylation is 1. The fraction of sp³-hybridized carbons (Fsp3) is 0.316. The number of benzene rings is 2. The Balaban J connectivity index is 1.64. The predicted molar refractivity (Wildman–Crippen MR) is 90.2 cm³/mol. The van der Waals surface area contributed by atoms with E-state index < -0.39 is 5.72 Å². The van der Waals surface area contributed by atoms with Gasteiger partial charge < -0.3 is 19.5 Å². The van der Waals surface area contributed by atoms with Crippen LogP contribution in [0.2, 0.25) is 0 Å². The molecule has 0 saturated heterocycles. The van der Waals surface area contributed by atoms with Gasteiger partial charge in [0.2, 0.25) is 6.79 Å². The highest BCUT2D eigenvalue weighted by atomic mass is 16.7. The summed E-state index contributed by atoms with van der Waals surface area (Å²) < 4.78 is 16.3. The van der Waals surface area contributed by atoms with E-state index in [1.165, 1.54) is 0 Å². The first-order chi connectivity index (χ1) is 11.6. The summed E-state index contributed by atoms with van der Waals surface area (Å²) in [7, 11) is 1.60. The molecule has 0 fully saturated rings.